The predicted octanol–water partition coefficient (Wildman–Crippen LogP) is 3.09. The van der Waals surface area contributed by atoms with E-state index in [9.17, 15) is 0 Å². The van der Waals surface area contributed by atoms with Gasteiger partial charge in [-0.1, -0.05) is 24.4 Å². The molecule has 2 unspecified atom stereocenters. The van der Waals surface area contributed by atoms with Gasteiger partial charge in [-0.25, -0.2) is 0 Å². The number of anilines is 1. The average molecular weight is 248 g/mol. The summed E-state index contributed by atoms with van der Waals surface area (Å²) in [5, 5.41) is 0. The highest BCUT2D eigenvalue weighted by Gasteiger charge is 2.26. The van der Waals surface area contributed by atoms with Gasteiger partial charge in [0.05, 0.1) is 0 Å². The minimum atomic E-state index is 0.491. The van der Waals surface area contributed by atoms with Crippen molar-refractivity contribution >= 4 is 22.9 Å². The lowest BCUT2D eigenvalue weighted by Crippen LogP contribution is -2.44. The van der Waals surface area contributed by atoms with Crippen LogP contribution in [0.5, 0.6) is 0 Å². The van der Waals surface area contributed by atoms with Crippen molar-refractivity contribution in [2.24, 2.45) is 5.73 Å². The van der Waals surface area contributed by atoms with Crippen molar-refractivity contribution in [2.45, 2.75) is 45.2 Å². The Balaban J connectivity index is 2.41. The first-order valence-corrected chi connectivity index (χ1v) is 6.69. The first kappa shape index (κ1) is 12.4. The van der Waals surface area contributed by atoms with Crippen LogP contribution in [0.15, 0.2) is 24.3 Å². The molecule has 1 fully saturated rings. The maximum atomic E-state index is 5.82. The molecule has 1 aliphatic rings. The first-order chi connectivity index (χ1) is 8.11. The van der Waals surface area contributed by atoms with Crippen LogP contribution in [-0.2, 0) is 0 Å². The summed E-state index contributed by atoms with van der Waals surface area (Å²) < 4.78 is 0. The summed E-state index contributed by atoms with van der Waals surface area (Å²) in [7, 11) is 0. The number of rotatable bonds is 2. The standard InChI is InChI=1S/C14H20N2S/c1-10-6-5-7-11(2)16(10)13-9-4-3-8-12(13)14(15)17/h3-4,8-11H,5-7H2,1-2H3,(H2,15,17). The molecule has 2 N–H and O–H groups in total. The smallest absolute Gasteiger partial charge is 0.106 e. The zero-order valence-corrected chi connectivity index (χ0v) is 11.3. The largest absolute Gasteiger partial charge is 0.389 e. The van der Waals surface area contributed by atoms with E-state index in [4.69, 9.17) is 18.0 Å². The highest BCUT2D eigenvalue weighted by Crippen LogP contribution is 2.31. The van der Waals surface area contributed by atoms with Crippen LogP contribution in [0.25, 0.3) is 0 Å². The molecule has 1 saturated heterocycles. The Hall–Kier alpha value is -1.09. The van der Waals surface area contributed by atoms with E-state index in [1.54, 1.807) is 0 Å². The Bertz CT molecular complexity index is 406. The minimum Gasteiger partial charge on any atom is -0.389 e. The maximum absolute atomic E-state index is 5.82. The van der Waals surface area contributed by atoms with E-state index >= 15 is 0 Å². The summed E-state index contributed by atoms with van der Waals surface area (Å²) in [6.07, 6.45) is 3.81. The van der Waals surface area contributed by atoms with Gasteiger partial charge >= 0.3 is 0 Å². The maximum Gasteiger partial charge on any atom is 0.106 e. The molecule has 2 atom stereocenters. The third kappa shape index (κ3) is 2.44. The number of hydrogen-bond donors (Lipinski definition) is 1. The van der Waals surface area contributed by atoms with E-state index in [-0.39, 0.29) is 0 Å². The first-order valence-electron chi connectivity index (χ1n) is 6.28. The van der Waals surface area contributed by atoms with Gasteiger partial charge in [0.25, 0.3) is 0 Å². The van der Waals surface area contributed by atoms with Gasteiger partial charge in [0.15, 0.2) is 0 Å². The second kappa shape index (κ2) is 5.05. The second-order valence-corrected chi connectivity index (χ2v) is 5.36. The lowest BCUT2D eigenvalue weighted by atomic mass is 9.95. The molecule has 1 aromatic carbocycles. The normalized spacial score (nSPS) is 24.7. The number of benzene rings is 1. The molecule has 2 rings (SSSR count). The summed E-state index contributed by atoms with van der Waals surface area (Å²) >= 11 is 5.15. The molecule has 2 nitrogen and oxygen atoms in total. The molecule has 0 aromatic heterocycles. The average Bonchev–Trinajstić information content (AvgIpc) is 2.29. The summed E-state index contributed by atoms with van der Waals surface area (Å²) in [6.45, 7) is 4.57. The summed E-state index contributed by atoms with van der Waals surface area (Å²) in [5.74, 6) is 0. The van der Waals surface area contributed by atoms with E-state index in [0.29, 0.717) is 17.1 Å². The molecule has 1 aromatic rings. The topological polar surface area (TPSA) is 29.3 Å². The Morgan fingerprint density at radius 3 is 2.41 bits per heavy atom. The fourth-order valence-corrected chi connectivity index (χ4v) is 2.98. The highest BCUT2D eigenvalue weighted by molar-refractivity contribution is 7.80. The number of nitrogens with two attached hydrogens (primary N) is 1. The zero-order valence-electron chi connectivity index (χ0n) is 10.5. The van der Waals surface area contributed by atoms with Gasteiger partial charge in [-0.05, 0) is 45.2 Å². The zero-order chi connectivity index (χ0) is 12.4. The quantitative estimate of drug-likeness (QED) is 0.816. The molecule has 0 saturated carbocycles. The van der Waals surface area contributed by atoms with Crippen molar-refractivity contribution in [1.82, 2.24) is 0 Å². The fraction of sp³-hybridized carbons (Fsp3) is 0.500. The molecular weight excluding hydrogens is 228 g/mol. The van der Waals surface area contributed by atoms with Crippen molar-refractivity contribution in [2.75, 3.05) is 4.90 Å². The van der Waals surface area contributed by atoms with Crippen molar-refractivity contribution < 1.29 is 0 Å². The lowest BCUT2D eigenvalue weighted by Gasteiger charge is -2.41. The van der Waals surface area contributed by atoms with Gasteiger partial charge < -0.3 is 10.6 Å². The number of hydrogen-bond acceptors (Lipinski definition) is 2. The minimum absolute atomic E-state index is 0.491. The van der Waals surface area contributed by atoms with Crippen LogP contribution in [-0.4, -0.2) is 17.1 Å². The second-order valence-electron chi connectivity index (χ2n) is 4.92. The van der Waals surface area contributed by atoms with Gasteiger partial charge in [0, 0.05) is 23.3 Å². The molecule has 0 spiro atoms. The van der Waals surface area contributed by atoms with Crippen LogP contribution in [0.2, 0.25) is 0 Å². The summed E-state index contributed by atoms with van der Waals surface area (Å²) in [5.41, 5.74) is 8.01. The Labute approximate surface area is 109 Å². The molecule has 0 radical (unpaired) electrons. The molecular formula is C14H20N2S. The monoisotopic (exact) mass is 248 g/mol. The lowest BCUT2D eigenvalue weighted by molar-refractivity contribution is 0.414. The fourth-order valence-electron chi connectivity index (χ4n) is 2.80. The van der Waals surface area contributed by atoms with Crippen LogP contribution in [0, 0.1) is 0 Å². The summed E-state index contributed by atoms with van der Waals surface area (Å²) in [4.78, 5) is 2.96. The van der Waals surface area contributed by atoms with E-state index in [1.807, 2.05) is 12.1 Å². The van der Waals surface area contributed by atoms with E-state index < -0.39 is 0 Å². The van der Waals surface area contributed by atoms with Crippen LogP contribution in [0.3, 0.4) is 0 Å². The van der Waals surface area contributed by atoms with E-state index in [2.05, 4.69) is 30.9 Å². The van der Waals surface area contributed by atoms with Gasteiger partial charge in [-0.3, -0.25) is 0 Å². The molecule has 1 aliphatic heterocycles. The van der Waals surface area contributed by atoms with Gasteiger partial charge in [0.1, 0.15) is 4.99 Å². The van der Waals surface area contributed by atoms with Crippen molar-refractivity contribution in [3.63, 3.8) is 0 Å². The third-order valence-corrected chi connectivity index (χ3v) is 3.86. The molecule has 1 heterocycles. The Morgan fingerprint density at radius 2 is 1.82 bits per heavy atom. The third-order valence-electron chi connectivity index (χ3n) is 3.64. The van der Waals surface area contributed by atoms with Gasteiger partial charge in [-0.2, -0.15) is 0 Å². The van der Waals surface area contributed by atoms with E-state index in [0.717, 1.165) is 5.56 Å². The molecule has 92 valence electrons. The Kier molecular flexibility index (Phi) is 3.67. The van der Waals surface area contributed by atoms with Crippen molar-refractivity contribution in [3.05, 3.63) is 29.8 Å². The van der Waals surface area contributed by atoms with Crippen LogP contribution >= 0.6 is 12.2 Å². The SMILES string of the molecule is CC1CCCC(C)N1c1ccccc1C(N)=S. The predicted molar refractivity (Wildman–Crippen MR) is 77.6 cm³/mol. The summed E-state index contributed by atoms with van der Waals surface area (Å²) in [6, 6.07) is 9.34. The number of piperidine rings is 1. The van der Waals surface area contributed by atoms with Gasteiger partial charge in [-0.15, -0.1) is 0 Å². The van der Waals surface area contributed by atoms with Crippen LogP contribution < -0.4 is 10.6 Å². The van der Waals surface area contributed by atoms with Gasteiger partial charge in [0.2, 0.25) is 0 Å². The molecule has 0 aliphatic carbocycles. The number of para-hydroxylation sites is 1. The van der Waals surface area contributed by atoms with Crippen LogP contribution in [0.1, 0.15) is 38.7 Å². The van der Waals surface area contributed by atoms with Crippen molar-refractivity contribution in [1.29, 1.82) is 0 Å². The Morgan fingerprint density at radius 1 is 1.24 bits per heavy atom. The molecule has 17 heavy (non-hydrogen) atoms. The number of nitrogens with zero attached hydrogens (tertiary/aromatic N) is 1. The molecule has 0 bridgehead atoms. The highest BCUT2D eigenvalue weighted by atomic mass is 32.1. The number of thiocarbonyl (C=S) groups is 1. The molecule has 0 amide bonds. The van der Waals surface area contributed by atoms with Crippen LogP contribution in [0.4, 0.5) is 5.69 Å². The van der Waals surface area contributed by atoms with E-state index in [1.165, 1.54) is 24.9 Å². The molecule has 3 heteroatoms. The van der Waals surface area contributed by atoms with Crippen molar-refractivity contribution in [3.8, 4) is 0 Å².